The molecule has 7 rings (SSSR count). The molecule has 0 amide bonds. The van der Waals surface area contributed by atoms with Gasteiger partial charge in [-0.15, -0.1) is 11.3 Å². The molecule has 0 aliphatic heterocycles. The fourth-order valence-electron chi connectivity index (χ4n) is 8.80. The number of unbranched alkanes of at least 4 members (excludes halogenated alkanes) is 2. The molecule has 6 aromatic rings. The topological polar surface area (TPSA) is 25.8 Å². The van der Waals surface area contributed by atoms with E-state index in [1.54, 1.807) is 17.4 Å². The minimum Gasteiger partial charge on any atom is -0.206 e. The highest BCUT2D eigenvalue weighted by Crippen LogP contribution is 2.50. The zero-order chi connectivity index (χ0) is 37.8. The number of thiophene rings is 1. The second-order valence-electron chi connectivity index (χ2n) is 16.3. The summed E-state index contributed by atoms with van der Waals surface area (Å²) in [5.74, 6) is 1.40. The smallest absolute Gasteiger partial charge is 0.132 e. The van der Waals surface area contributed by atoms with Gasteiger partial charge < -0.3 is 0 Å². The van der Waals surface area contributed by atoms with Crippen molar-refractivity contribution in [1.29, 1.82) is 0 Å². The number of hydrogen-bond acceptors (Lipinski definition) is 4. The van der Waals surface area contributed by atoms with Crippen LogP contribution < -0.4 is 0 Å². The van der Waals surface area contributed by atoms with E-state index in [-0.39, 0.29) is 11.2 Å². The number of nitrogens with zero attached hydrogens (tertiary/aromatic N) is 2. The Morgan fingerprint density at radius 3 is 1.80 bits per heavy atom. The minimum absolute atomic E-state index is 0.0842. The predicted octanol–water partition coefficient (Wildman–Crippen LogP) is 15.5. The monoisotopic (exact) mass is 756 g/mol. The normalized spacial score (nSPS) is 14.4. The molecule has 54 heavy (non-hydrogen) atoms. The number of benzene rings is 4. The molecule has 0 spiro atoms. The van der Waals surface area contributed by atoms with Crippen LogP contribution in [0, 0.1) is 17.7 Å². The Bertz CT molecular complexity index is 2210. The van der Waals surface area contributed by atoms with E-state index in [1.165, 1.54) is 103 Å². The molecule has 0 radical (unpaired) electrons. The zero-order valence-electron chi connectivity index (χ0n) is 33.2. The van der Waals surface area contributed by atoms with E-state index in [0.717, 1.165) is 68.6 Å². The maximum absolute atomic E-state index is 15.6. The van der Waals surface area contributed by atoms with Gasteiger partial charge >= 0.3 is 0 Å². The number of hydrogen-bond donors (Lipinski definition) is 0. The van der Waals surface area contributed by atoms with Crippen LogP contribution in [0.3, 0.4) is 0 Å². The molecule has 1 aliphatic rings. The van der Waals surface area contributed by atoms with Crippen molar-refractivity contribution in [3.05, 3.63) is 107 Å². The first-order valence-corrected chi connectivity index (χ1v) is 22.2. The number of fused-ring (bicyclic) bond motifs is 4. The summed E-state index contributed by atoms with van der Waals surface area (Å²) < 4.78 is 25.2. The second kappa shape index (κ2) is 17.0. The zero-order valence-corrected chi connectivity index (χ0v) is 34.9. The van der Waals surface area contributed by atoms with Gasteiger partial charge in [-0.05, 0) is 101 Å². The minimum atomic E-state index is -0.135. The number of rotatable bonds is 17. The van der Waals surface area contributed by atoms with Crippen LogP contribution in [0.4, 0.5) is 4.39 Å². The third kappa shape index (κ3) is 7.86. The van der Waals surface area contributed by atoms with E-state index < -0.39 is 0 Å². The second-order valence-corrected chi connectivity index (χ2v) is 17.9. The summed E-state index contributed by atoms with van der Waals surface area (Å²) >= 11 is 2.89. The van der Waals surface area contributed by atoms with E-state index in [1.807, 2.05) is 6.07 Å². The van der Waals surface area contributed by atoms with E-state index in [9.17, 15) is 0 Å². The summed E-state index contributed by atoms with van der Waals surface area (Å²) in [6.45, 7) is 13.9. The van der Waals surface area contributed by atoms with Gasteiger partial charge in [-0.3, -0.25) is 0 Å². The van der Waals surface area contributed by atoms with E-state index in [2.05, 4.69) is 108 Å². The van der Waals surface area contributed by atoms with Gasteiger partial charge in [0.25, 0.3) is 0 Å². The molecule has 2 aromatic heterocycles. The first-order chi connectivity index (χ1) is 26.2. The molecule has 0 bridgehead atoms. The highest BCUT2D eigenvalue weighted by Gasteiger charge is 2.36. The van der Waals surface area contributed by atoms with E-state index >= 15 is 4.39 Å². The van der Waals surface area contributed by atoms with Gasteiger partial charge in [0.05, 0.1) is 11.7 Å². The first-order valence-electron chi connectivity index (χ1n) is 20.7. The van der Waals surface area contributed by atoms with Crippen molar-refractivity contribution in [3.8, 4) is 43.1 Å². The lowest BCUT2D eigenvalue weighted by atomic mass is 9.81. The summed E-state index contributed by atoms with van der Waals surface area (Å²) in [4.78, 5) is 2.02. The fraction of sp³-hybridized carbons (Fsp3) is 0.429. The summed E-state index contributed by atoms with van der Waals surface area (Å²) in [7, 11) is 0. The molecule has 2 nitrogen and oxygen atoms in total. The molecule has 2 unspecified atom stereocenters. The van der Waals surface area contributed by atoms with Crippen molar-refractivity contribution in [2.75, 3.05) is 0 Å². The lowest BCUT2D eigenvalue weighted by Crippen LogP contribution is -2.15. The van der Waals surface area contributed by atoms with Crippen LogP contribution in [-0.2, 0) is 18.3 Å². The van der Waals surface area contributed by atoms with Crippen LogP contribution in [0.25, 0.3) is 54.2 Å². The van der Waals surface area contributed by atoms with Crippen LogP contribution in [0.1, 0.15) is 128 Å². The average Bonchev–Trinajstić information content (AvgIpc) is 3.93. The molecule has 2 heterocycles. The maximum Gasteiger partial charge on any atom is 0.132 e. The molecule has 282 valence electrons. The van der Waals surface area contributed by atoms with Gasteiger partial charge in [0.1, 0.15) is 16.9 Å². The van der Waals surface area contributed by atoms with Crippen LogP contribution in [0.5, 0.6) is 0 Å². The van der Waals surface area contributed by atoms with Crippen molar-refractivity contribution < 1.29 is 4.39 Å². The SMILES string of the molecule is CCCCC(CC)CCc1ccc(-c2ccc(-c3ccc(-c4ccc5c(c4)C(C)(C)c4ccc(CCC(CC)CCCC)cc4-5)c4nsnc34)s2)c(F)c1. The predicted molar refractivity (Wildman–Crippen MR) is 232 cm³/mol. The Morgan fingerprint density at radius 2 is 1.15 bits per heavy atom. The van der Waals surface area contributed by atoms with Crippen molar-refractivity contribution in [3.63, 3.8) is 0 Å². The largest absolute Gasteiger partial charge is 0.206 e. The summed E-state index contributed by atoms with van der Waals surface area (Å²) in [6.07, 6.45) is 14.7. The van der Waals surface area contributed by atoms with Gasteiger partial charge in [0.2, 0.25) is 0 Å². The number of halogens is 1. The maximum atomic E-state index is 15.6. The van der Waals surface area contributed by atoms with Gasteiger partial charge in [0.15, 0.2) is 0 Å². The Morgan fingerprint density at radius 1 is 0.574 bits per heavy atom. The molecule has 4 aromatic carbocycles. The number of aromatic nitrogens is 2. The Kier molecular flexibility index (Phi) is 12.2. The van der Waals surface area contributed by atoms with Crippen molar-refractivity contribution in [2.45, 2.75) is 124 Å². The summed E-state index contributed by atoms with van der Waals surface area (Å²) in [5.41, 5.74) is 13.8. The molecular weight excluding hydrogens is 700 g/mol. The standard InChI is InChI=1S/C49H57FN2S2/c1-7-11-13-32(9-3)15-17-34-20-26-42-41(29-34)38-23-21-36(31-43(38)49(42,5)6)37-24-25-40(48-47(37)51-54-52-48)46-28-27-45(53-46)39-22-19-35(30-44(39)50)18-16-33(10-4)14-12-8-2/h19-33H,7-18H2,1-6H3. The lowest BCUT2D eigenvalue weighted by molar-refractivity contribution is 0.421. The fourth-order valence-corrected chi connectivity index (χ4v) is 10.4. The molecule has 1 aliphatic carbocycles. The third-order valence-electron chi connectivity index (χ3n) is 12.4. The molecule has 0 saturated heterocycles. The third-order valence-corrected chi connectivity index (χ3v) is 14.1. The van der Waals surface area contributed by atoms with Crippen molar-refractivity contribution in [1.82, 2.24) is 8.75 Å². The highest BCUT2D eigenvalue weighted by molar-refractivity contribution is 7.19. The lowest BCUT2D eigenvalue weighted by Gasteiger charge is -2.22. The van der Waals surface area contributed by atoms with Crippen molar-refractivity contribution in [2.24, 2.45) is 11.8 Å². The quantitative estimate of drug-likeness (QED) is 0.0926. The van der Waals surface area contributed by atoms with Crippen LogP contribution in [0.15, 0.2) is 78.9 Å². The molecular formula is C49H57FN2S2. The molecule has 0 N–H and O–H groups in total. The van der Waals surface area contributed by atoms with Crippen molar-refractivity contribution >= 4 is 34.1 Å². The molecule has 0 saturated carbocycles. The van der Waals surface area contributed by atoms with Gasteiger partial charge in [0, 0.05) is 31.9 Å². The molecule has 0 fully saturated rings. The average molecular weight is 757 g/mol. The highest BCUT2D eigenvalue weighted by atomic mass is 32.1. The molecule has 2 atom stereocenters. The number of aryl methyl sites for hydroxylation is 2. The van der Waals surface area contributed by atoms with Crippen LogP contribution in [0.2, 0.25) is 0 Å². The van der Waals surface area contributed by atoms with Crippen LogP contribution in [-0.4, -0.2) is 8.75 Å². The van der Waals surface area contributed by atoms with E-state index in [0.29, 0.717) is 5.56 Å². The Balaban J connectivity index is 1.12. The summed E-state index contributed by atoms with van der Waals surface area (Å²) in [6, 6.07) is 28.6. The molecule has 5 heteroatoms. The van der Waals surface area contributed by atoms with Gasteiger partial charge in [-0.25, -0.2) is 4.39 Å². The Labute approximate surface area is 331 Å². The van der Waals surface area contributed by atoms with Gasteiger partial charge in [-0.1, -0.05) is 148 Å². The van der Waals surface area contributed by atoms with Crippen LogP contribution >= 0.6 is 23.1 Å². The first kappa shape index (κ1) is 38.6. The van der Waals surface area contributed by atoms with Gasteiger partial charge in [-0.2, -0.15) is 8.75 Å². The summed E-state index contributed by atoms with van der Waals surface area (Å²) in [5, 5.41) is 0. The van der Waals surface area contributed by atoms with E-state index in [4.69, 9.17) is 8.75 Å². The Hall–Kier alpha value is -3.67.